The molecule has 0 aliphatic rings. The molecule has 0 radical (unpaired) electrons. The summed E-state index contributed by atoms with van der Waals surface area (Å²) in [4.78, 5) is 2.33. The molecule has 96 valence electrons. The van der Waals surface area contributed by atoms with Crippen molar-refractivity contribution in [3.05, 3.63) is 28.8 Å². The van der Waals surface area contributed by atoms with Crippen LogP contribution in [0.3, 0.4) is 0 Å². The minimum Gasteiger partial charge on any atom is -0.370 e. The van der Waals surface area contributed by atoms with Gasteiger partial charge in [-0.15, -0.1) is 0 Å². The molecule has 1 aromatic carbocycles. The van der Waals surface area contributed by atoms with Crippen molar-refractivity contribution in [2.24, 2.45) is 5.92 Å². The highest BCUT2D eigenvalue weighted by Gasteiger charge is 2.10. The molecular weight excluding hydrogens is 232 g/mol. The van der Waals surface area contributed by atoms with Crippen LogP contribution in [0.5, 0.6) is 0 Å². The van der Waals surface area contributed by atoms with E-state index in [9.17, 15) is 0 Å². The Balaban J connectivity index is 2.88. The van der Waals surface area contributed by atoms with Crippen molar-refractivity contribution < 1.29 is 0 Å². The number of rotatable bonds is 6. The maximum absolute atomic E-state index is 6.35. The van der Waals surface area contributed by atoms with Crippen molar-refractivity contribution >= 4 is 17.3 Å². The van der Waals surface area contributed by atoms with Crippen molar-refractivity contribution in [1.29, 1.82) is 0 Å². The normalized spacial score (nSPS) is 10.9. The lowest BCUT2D eigenvalue weighted by Gasteiger charge is -2.26. The van der Waals surface area contributed by atoms with Crippen LogP contribution in [0.15, 0.2) is 18.2 Å². The fourth-order valence-corrected chi connectivity index (χ4v) is 2.28. The van der Waals surface area contributed by atoms with E-state index in [4.69, 9.17) is 11.6 Å². The molecule has 0 aliphatic carbocycles. The predicted molar refractivity (Wildman–Crippen MR) is 76.9 cm³/mol. The van der Waals surface area contributed by atoms with Crippen LogP contribution < -0.4 is 10.2 Å². The number of hydrogen-bond donors (Lipinski definition) is 1. The van der Waals surface area contributed by atoms with Gasteiger partial charge in [0.1, 0.15) is 0 Å². The highest BCUT2D eigenvalue weighted by molar-refractivity contribution is 6.33. The molecule has 2 nitrogen and oxygen atoms in total. The summed E-state index contributed by atoms with van der Waals surface area (Å²) in [6, 6.07) is 6.32. The topological polar surface area (TPSA) is 15.3 Å². The lowest BCUT2D eigenvalue weighted by molar-refractivity contribution is 0.619. The molecule has 1 N–H and O–H groups in total. The summed E-state index contributed by atoms with van der Waals surface area (Å²) >= 11 is 6.35. The standard InChI is InChI=1S/C14H23ClN2/c1-5-17(10-11(2)3)14-7-6-12(9-16-4)8-13(14)15/h6-8,11,16H,5,9-10H2,1-4H3. The molecule has 0 amide bonds. The molecule has 17 heavy (non-hydrogen) atoms. The molecule has 0 fully saturated rings. The zero-order chi connectivity index (χ0) is 12.8. The Morgan fingerprint density at radius 1 is 1.35 bits per heavy atom. The molecule has 0 spiro atoms. The molecule has 0 saturated carbocycles. The van der Waals surface area contributed by atoms with E-state index < -0.39 is 0 Å². The fraction of sp³-hybridized carbons (Fsp3) is 0.571. The number of anilines is 1. The molecule has 0 saturated heterocycles. The van der Waals surface area contributed by atoms with Gasteiger partial charge in [-0.1, -0.05) is 31.5 Å². The van der Waals surface area contributed by atoms with E-state index in [1.54, 1.807) is 0 Å². The fourth-order valence-electron chi connectivity index (χ4n) is 1.96. The zero-order valence-corrected chi connectivity index (χ0v) is 12.0. The summed E-state index contributed by atoms with van der Waals surface area (Å²) in [5, 5.41) is 3.98. The summed E-state index contributed by atoms with van der Waals surface area (Å²) < 4.78 is 0. The van der Waals surface area contributed by atoms with Crippen LogP contribution in [0, 0.1) is 5.92 Å². The summed E-state index contributed by atoms with van der Waals surface area (Å²) in [5.41, 5.74) is 2.37. The lowest BCUT2D eigenvalue weighted by Crippen LogP contribution is -2.27. The van der Waals surface area contributed by atoms with Crippen molar-refractivity contribution in [1.82, 2.24) is 5.32 Å². The van der Waals surface area contributed by atoms with E-state index >= 15 is 0 Å². The van der Waals surface area contributed by atoms with Crippen LogP contribution >= 0.6 is 11.6 Å². The van der Waals surface area contributed by atoms with Crippen LogP contribution in [0.4, 0.5) is 5.69 Å². The minimum atomic E-state index is 0.642. The van der Waals surface area contributed by atoms with E-state index in [0.717, 1.165) is 30.3 Å². The first-order chi connectivity index (χ1) is 8.08. The van der Waals surface area contributed by atoms with Gasteiger partial charge < -0.3 is 10.2 Å². The lowest BCUT2D eigenvalue weighted by atomic mass is 10.1. The van der Waals surface area contributed by atoms with Gasteiger partial charge in [0, 0.05) is 19.6 Å². The van der Waals surface area contributed by atoms with Gasteiger partial charge in [0.15, 0.2) is 0 Å². The molecule has 1 rings (SSSR count). The van der Waals surface area contributed by atoms with Crippen LogP contribution in [-0.4, -0.2) is 20.1 Å². The molecule has 0 heterocycles. The van der Waals surface area contributed by atoms with Gasteiger partial charge in [-0.05, 0) is 37.6 Å². The largest absolute Gasteiger partial charge is 0.370 e. The first-order valence-electron chi connectivity index (χ1n) is 6.26. The first kappa shape index (κ1) is 14.3. The van der Waals surface area contributed by atoms with Gasteiger partial charge in [0.25, 0.3) is 0 Å². The average Bonchev–Trinajstić information content (AvgIpc) is 2.27. The highest BCUT2D eigenvalue weighted by Crippen LogP contribution is 2.27. The monoisotopic (exact) mass is 254 g/mol. The second kappa shape index (κ2) is 6.87. The smallest absolute Gasteiger partial charge is 0.0642 e. The summed E-state index contributed by atoms with van der Waals surface area (Å²) in [6.45, 7) is 9.51. The van der Waals surface area contributed by atoms with Crippen molar-refractivity contribution in [3.8, 4) is 0 Å². The number of nitrogens with zero attached hydrogens (tertiary/aromatic N) is 1. The SMILES string of the molecule is CCN(CC(C)C)c1ccc(CNC)cc1Cl. The van der Waals surface area contributed by atoms with E-state index in [0.29, 0.717) is 5.92 Å². The first-order valence-corrected chi connectivity index (χ1v) is 6.64. The Bertz CT molecular complexity index is 350. The van der Waals surface area contributed by atoms with Crippen molar-refractivity contribution in [2.75, 3.05) is 25.0 Å². The van der Waals surface area contributed by atoms with E-state index in [1.165, 1.54) is 5.56 Å². The maximum Gasteiger partial charge on any atom is 0.0642 e. The number of benzene rings is 1. The number of hydrogen-bond acceptors (Lipinski definition) is 2. The quantitative estimate of drug-likeness (QED) is 0.835. The van der Waals surface area contributed by atoms with Crippen LogP contribution in [0.2, 0.25) is 5.02 Å². The number of halogens is 1. The van der Waals surface area contributed by atoms with Crippen LogP contribution in [-0.2, 0) is 6.54 Å². The maximum atomic E-state index is 6.35. The second-order valence-corrected chi connectivity index (χ2v) is 5.16. The Morgan fingerprint density at radius 2 is 2.06 bits per heavy atom. The van der Waals surface area contributed by atoms with Gasteiger partial charge >= 0.3 is 0 Å². The zero-order valence-electron chi connectivity index (χ0n) is 11.3. The molecule has 0 bridgehead atoms. The Labute approximate surface area is 110 Å². The van der Waals surface area contributed by atoms with Gasteiger partial charge in [0.05, 0.1) is 10.7 Å². The Kier molecular flexibility index (Phi) is 5.79. The van der Waals surface area contributed by atoms with E-state index in [2.05, 4.69) is 49.2 Å². The van der Waals surface area contributed by atoms with Crippen LogP contribution in [0.25, 0.3) is 0 Å². The second-order valence-electron chi connectivity index (χ2n) is 4.75. The molecule has 0 aromatic heterocycles. The van der Waals surface area contributed by atoms with Gasteiger partial charge in [-0.3, -0.25) is 0 Å². The molecule has 0 atom stereocenters. The summed E-state index contributed by atoms with van der Waals surface area (Å²) in [7, 11) is 1.94. The van der Waals surface area contributed by atoms with E-state index in [-0.39, 0.29) is 0 Å². The number of nitrogens with one attached hydrogen (secondary N) is 1. The van der Waals surface area contributed by atoms with E-state index in [1.807, 2.05) is 7.05 Å². The van der Waals surface area contributed by atoms with Gasteiger partial charge in [-0.25, -0.2) is 0 Å². The molecular formula is C14H23ClN2. The minimum absolute atomic E-state index is 0.642. The Morgan fingerprint density at radius 3 is 2.53 bits per heavy atom. The highest BCUT2D eigenvalue weighted by atomic mass is 35.5. The van der Waals surface area contributed by atoms with Crippen molar-refractivity contribution in [3.63, 3.8) is 0 Å². The summed E-state index contributed by atoms with van der Waals surface area (Å²) in [5.74, 6) is 0.642. The van der Waals surface area contributed by atoms with Crippen LogP contribution in [0.1, 0.15) is 26.3 Å². The molecule has 1 aromatic rings. The van der Waals surface area contributed by atoms with Gasteiger partial charge in [0.2, 0.25) is 0 Å². The third-order valence-electron chi connectivity index (χ3n) is 2.70. The van der Waals surface area contributed by atoms with Gasteiger partial charge in [-0.2, -0.15) is 0 Å². The molecule has 0 aliphatic heterocycles. The Hall–Kier alpha value is -0.730. The third-order valence-corrected chi connectivity index (χ3v) is 3.00. The summed E-state index contributed by atoms with van der Waals surface area (Å²) in [6.07, 6.45) is 0. The molecule has 0 unspecified atom stereocenters. The average molecular weight is 255 g/mol. The molecule has 3 heteroatoms. The predicted octanol–water partition coefficient (Wildman–Crippen LogP) is 3.54. The van der Waals surface area contributed by atoms with Crippen molar-refractivity contribution in [2.45, 2.75) is 27.3 Å². The third kappa shape index (κ3) is 4.21.